The van der Waals surface area contributed by atoms with E-state index < -0.39 is 0 Å². The number of benzene rings is 1. The van der Waals surface area contributed by atoms with Crippen LogP contribution in [0.15, 0.2) is 36.5 Å². The van der Waals surface area contributed by atoms with E-state index in [2.05, 4.69) is 20.8 Å². The van der Waals surface area contributed by atoms with Crippen LogP contribution in [0.5, 0.6) is 0 Å². The number of carbonyl (C=O) groups is 1. The number of H-pyrrole nitrogens is 1. The van der Waals surface area contributed by atoms with Crippen molar-refractivity contribution in [1.29, 1.82) is 0 Å². The average molecular weight is 256 g/mol. The normalized spacial score (nSPS) is 14.9. The van der Waals surface area contributed by atoms with Crippen LogP contribution in [0.4, 0.5) is 0 Å². The number of nitrogens with zero attached hydrogens (tertiary/aromatic N) is 1. The van der Waals surface area contributed by atoms with Crippen LogP contribution in [0.1, 0.15) is 10.4 Å². The van der Waals surface area contributed by atoms with Crippen LogP contribution in [-0.2, 0) is 0 Å². The van der Waals surface area contributed by atoms with Gasteiger partial charge in [0.2, 0.25) is 0 Å². The Labute approximate surface area is 111 Å². The second-order valence-corrected chi connectivity index (χ2v) is 4.76. The molecule has 0 spiro atoms. The molecule has 0 aliphatic carbocycles. The predicted molar refractivity (Wildman–Crippen MR) is 72.7 cm³/mol. The lowest BCUT2D eigenvalue weighted by Crippen LogP contribution is -2.48. The van der Waals surface area contributed by atoms with Gasteiger partial charge >= 0.3 is 0 Å². The van der Waals surface area contributed by atoms with E-state index in [1.165, 1.54) is 0 Å². The molecule has 3 N–H and O–H groups in total. The van der Waals surface area contributed by atoms with Gasteiger partial charge in [-0.15, -0.1) is 0 Å². The molecular weight excluding hydrogens is 240 g/mol. The Morgan fingerprint density at radius 2 is 2.11 bits per heavy atom. The Balaban J connectivity index is 1.74. The maximum atomic E-state index is 12.2. The fourth-order valence-corrected chi connectivity index (χ4v) is 2.11. The summed E-state index contributed by atoms with van der Waals surface area (Å²) in [5.41, 5.74) is 2.33. The van der Waals surface area contributed by atoms with E-state index in [-0.39, 0.29) is 5.91 Å². The van der Waals surface area contributed by atoms with E-state index in [9.17, 15) is 4.79 Å². The second-order valence-electron chi connectivity index (χ2n) is 4.76. The summed E-state index contributed by atoms with van der Waals surface area (Å²) in [5, 5.41) is 13.0. The van der Waals surface area contributed by atoms with Gasteiger partial charge in [-0.2, -0.15) is 5.10 Å². The predicted octanol–water partition coefficient (Wildman–Crippen LogP) is 1.03. The van der Waals surface area contributed by atoms with E-state index in [1.54, 1.807) is 6.20 Å². The minimum absolute atomic E-state index is 0.0699. The summed E-state index contributed by atoms with van der Waals surface area (Å²) in [6, 6.07) is 9.75. The largest absolute Gasteiger partial charge is 0.352 e. The fourth-order valence-electron chi connectivity index (χ4n) is 2.11. The summed E-state index contributed by atoms with van der Waals surface area (Å²) in [5.74, 6) is 0.482. The minimum atomic E-state index is -0.0699. The second kappa shape index (κ2) is 5.24. The molecule has 3 rings (SSSR count). The van der Waals surface area contributed by atoms with Crippen molar-refractivity contribution in [3.63, 3.8) is 0 Å². The molecule has 2 heterocycles. The maximum Gasteiger partial charge on any atom is 0.255 e. The first-order valence-corrected chi connectivity index (χ1v) is 6.42. The molecule has 0 bridgehead atoms. The van der Waals surface area contributed by atoms with Crippen LogP contribution < -0.4 is 10.6 Å². The van der Waals surface area contributed by atoms with Gasteiger partial charge in [-0.25, -0.2) is 0 Å². The number of amides is 1. The van der Waals surface area contributed by atoms with Crippen molar-refractivity contribution in [2.75, 3.05) is 19.6 Å². The Kier molecular flexibility index (Phi) is 3.29. The highest BCUT2D eigenvalue weighted by Gasteiger charge is 2.19. The fraction of sp³-hybridized carbons (Fsp3) is 0.286. The zero-order valence-electron chi connectivity index (χ0n) is 10.5. The first-order valence-electron chi connectivity index (χ1n) is 6.42. The summed E-state index contributed by atoms with van der Waals surface area (Å²) in [4.78, 5) is 12.2. The van der Waals surface area contributed by atoms with Crippen LogP contribution in [0, 0.1) is 5.92 Å². The monoisotopic (exact) mass is 256 g/mol. The first-order chi connectivity index (χ1) is 9.34. The number of hydrogen-bond donors (Lipinski definition) is 3. The molecule has 5 heteroatoms. The smallest absolute Gasteiger partial charge is 0.255 e. The quantitative estimate of drug-likeness (QED) is 0.765. The SMILES string of the molecule is O=C(NCC1CNC1)c1cn[nH]c1-c1ccccc1. The molecule has 1 amide bonds. The Hall–Kier alpha value is -2.14. The van der Waals surface area contributed by atoms with Crippen molar-refractivity contribution >= 4 is 5.91 Å². The lowest BCUT2D eigenvalue weighted by molar-refractivity contribution is 0.0943. The van der Waals surface area contributed by atoms with Gasteiger partial charge in [0.05, 0.1) is 17.5 Å². The first kappa shape index (κ1) is 11.9. The summed E-state index contributed by atoms with van der Waals surface area (Å²) < 4.78 is 0. The molecular formula is C14H16N4O. The molecule has 1 saturated heterocycles. The van der Waals surface area contributed by atoms with Crippen LogP contribution >= 0.6 is 0 Å². The van der Waals surface area contributed by atoms with Gasteiger partial charge in [-0.3, -0.25) is 9.89 Å². The number of aromatic amines is 1. The highest BCUT2D eigenvalue weighted by molar-refractivity contribution is 5.99. The zero-order valence-corrected chi connectivity index (χ0v) is 10.5. The van der Waals surface area contributed by atoms with Gasteiger partial charge in [-0.05, 0) is 0 Å². The topological polar surface area (TPSA) is 69.8 Å². The van der Waals surface area contributed by atoms with Crippen molar-refractivity contribution in [2.24, 2.45) is 5.92 Å². The molecule has 0 saturated carbocycles. The van der Waals surface area contributed by atoms with Crippen molar-refractivity contribution in [1.82, 2.24) is 20.8 Å². The average Bonchev–Trinajstić information content (AvgIpc) is 2.87. The highest BCUT2D eigenvalue weighted by atomic mass is 16.1. The van der Waals surface area contributed by atoms with Gasteiger partial charge in [0.25, 0.3) is 5.91 Å². The minimum Gasteiger partial charge on any atom is -0.352 e. The molecule has 0 atom stereocenters. The Morgan fingerprint density at radius 3 is 2.79 bits per heavy atom. The van der Waals surface area contributed by atoms with Gasteiger partial charge in [0, 0.05) is 31.1 Å². The molecule has 5 nitrogen and oxygen atoms in total. The van der Waals surface area contributed by atoms with Crippen LogP contribution in [0.2, 0.25) is 0 Å². The number of hydrogen-bond acceptors (Lipinski definition) is 3. The van der Waals surface area contributed by atoms with E-state index >= 15 is 0 Å². The number of carbonyl (C=O) groups excluding carboxylic acids is 1. The van der Waals surface area contributed by atoms with E-state index in [0.717, 1.165) is 24.3 Å². The molecule has 98 valence electrons. The third-order valence-corrected chi connectivity index (χ3v) is 3.36. The molecule has 1 fully saturated rings. The number of rotatable bonds is 4. The standard InChI is InChI=1S/C14H16N4O/c19-14(16-8-10-6-15-7-10)12-9-17-18-13(12)11-4-2-1-3-5-11/h1-5,9-10,15H,6-8H2,(H,16,19)(H,17,18). The Morgan fingerprint density at radius 1 is 1.32 bits per heavy atom. The van der Waals surface area contributed by atoms with Crippen LogP contribution in [0.3, 0.4) is 0 Å². The molecule has 19 heavy (non-hydrogen) atoms. The lowest BCUT2D eigenvalue weighted by atomic mass is 10.0. The van der Waals surface area contributed by atoms with Gasteiger partial charge in [0.15, 0.2) is 0 Å². The highest BCUT2D eigenvalue weighted by Crippen LogP contribution is 2.20. The zero-order chi connectivity index (χ0) is 13.1. The van der Waals surface area contributed by atoms with E-state index in [0.29, 0.717) is 18.0 Å². The summed E-state index contributed by atoms with van der Waals surface area (Å²) >= 11 is 0. The number of aromatic nitrogens is 2. The molecule has 1 aromatic heterocycles. The third kappa shape index (κ3) is 2.51. The molecule has 1 aliphatic heterocycles. The number of nitrogens with one attached hydrogen (secondary N) is 3. The van der Waals surface area contributed by atoms with Crippen molar-refractivity contribution < 1.29 is 4.79 Å². The van der Waals surface area contributed by atoms with Crippen molar-refractivity contribution in [3.05, 3.63) is 42.1 Å². The lowest BCUT2D eigenvalue weighted by Gasteiger charge is -2.27. The third-order valence-electron chi connectivity index (χ3n) is 3.36. The summed E-state index contributed by atoms with van der Waals surface area (Å²) in [7, 11) is 0. The van der Waals surface area contributed by atoms with Gasteiger partial charge in [-0.1, -0.05) is 30.3 Å². The van der Waals surface area contributed by atoms with Crippen molar-refractivity contribution in [3.8, 4) is 11.3 Å². The van der Waals surface area contributed by atoms with Gasteiger partial charge in [0.1, 0.15) is 0 Å². The molecule has 1 aliphatic rings. The van der Waals surface area contributed by atoms with E-state index in [4.69, 9.17) is 0 Å². The van der Waals surface area contributed by atoms with Crippen molar-refractivity contribution in [2.45, 2.75) is 0 Å². The Bertz CT molecular complexity index is 560. The molecule has 2 aromatic rings. The maximum absolute atomic E-state index is 12.2. The summed E-state index contributed by atoms with van der Waals surface area (Å²) in [6.07, 6.45) is 1.58. The summed E-state index contributed by atoms with van der Waals surface area (Å²) in [6.45, 7) is 2.68. The van der Waals surface area contributed by atoms with Crippen LogP contribution in [0.25, 0.3) is 11.3 Å². The molecule has 0 radical (unpaired) electrons. The van der Waals surface area contributed by atoms with Crippen LogP contribution in [-0.4, -0.2) is 35.7 Å². The molecule has 0 unspecified atom stereocenters. The van der Waals surface area contributed by atoms with E-state index in [1.807, 2.05) is 30.3 Å². The molecule has 1 aromatic carbocycles. The van der Waals surface area contributed by atoms with Gasteiger partial charge < -0.3 is 10.6 Å².